The van der Waals surface area contributed by atoms with Crippen LogP contribution in [-0.4, -0.2) is 25.0 Å². The van der Waals surface area contributed by atoms with Crippen molar-refractivity contribution in [3.05, 3.63) is 0 Å². The molecule has 0 aromatic carbocycles. The topological polar surface area (TPSA) is 41.1 Å². The van der Waals surface area contributed by atoms with E-state index in [0.717, 1.165) is 13.1 Å². The number of nitrogens with one attached hydrogen (secondary N) is 2. The highest BCUT2D eigenvalue weighted by Gasteiger charge is 2.23. The number of rotatable bonds is 6. The van der Waals surface area contributed by atoms with E-state index in [2.05, 4.69) is 38.3 Å². The first-order chi connectivity index (χ1) is 7.39. The zero-order valence-corrected chi connectivity index (χ0v) is 11.1. The summed E-state index contributed by atoms with van der Waals surface area (Å²) in [5, 5.41) is 6.35. The fourth-order valence-electron chi connectivity index (χ4n) is 1.35. The minimum Gasteiger partial charge on any atom is -0.353 e. The summed E-state index contributed by atoms with van der Waals surface area (Å²) >= 11 is 0. The molecule has 0 aromatic heterocycles. The van der Waals surface area contributed by atoms with Crippen molar-refractivity contribution in [2.75, 3.05) is 13.1 Å². The highest BCUT2D eigenvalue weighted by molar-refractivity contribution is 5.76. The maximum atomic E-state index is 11.4. The van der Waals surface area contributed by atoms with Crippen molar-refractivity contribution >= 4 is 5.91 Å². The molecule has 0 saturated heterocycles. The molecule has 0 aliphatic heterocycles. The van der Waals surface area contributed by atoms with E-state index in [1.165, 1.54) is 12.8 Å². The van der Waals surface area contributed by atoms with E-state index < -0.39 is 0 Å². The Morgan fingerprint density at radius 3 is 2.50 bits per heavy atom. The molecular weight excluding hydrogens is 200 g/mol. The monoisotopic (exact) mass is 226 g/mol. The van der Waals surface area contributed by atoms with Gasteiger partial charge in [0.25, 0.3) is 0 Å². The Labute approximate surface area is 99.4 Å². The second kappa shape index (κ2) is 5.67. The molecule has 0 bridgehead atoms. The van der Waals surface area contributed by atoms with Gasteiger partial charge in [-0.15, -0.1) is 0 Å². The van der Waals surface area contributed by atoms with Crippen LogP contribution in [0.1, 0.15) is 47.0 Å². The van der Waals surface area contributed by atoms with Crippen molar-refractivity contribution in [3.63, 3.8) is 0 Å². The predicted octanol–water partition coefficient (Wildman–Crippen LogP) is 1.93. The lowest BCUT2D eigenvalue weighted by Gasteiger charge is -2.27. The lowest BCUT2D eigenvalue weighted by Crippen LogP contribution is -2.33. The molecule has 0 radical (unpaired) electrons. The second-order valence-corrected chi connectivity index (χ2v) is 6.06. The summed E-state index contributed by atoms with van der Waals surface area (Å²) in [6, 6.07) is 0.487. The van der Waals surface area contributed by atoms with Gasteiger partial charge in [-0.25, -0.2) is 0 Å². The van der Waals surface area contributed by atoms with Gasteiger partial charge >= 0.3 is 0 Å². The number of carbonyl (C=O) groups is 1. The minimum atomic E-state index is 0.193. The Hall–Kier alpha value is -0.570. The molecule has 94 valence electrons. The maximum absolute atomic E-state index is 11.4. The van der Waals surface area contributed by atoms with E-state index >= 15 is 0 Å². The molecule has 0 spiro atoms. The number of amides is 1. The van der Waals surface area contributed by atoms with E-state index in [0.29, 0.717) is 23.8 Å². The molecule has 1 atom stereocenters. The lowest BCUT2D eigenvalue weighted by atomic mass is 9.82. The Bertz CT molecular complexity index is 229. The first-order valence-electron chi connectivity index (χ1n) is 6.39. The Morgan fingerprint density at radius 2 is 2.00 bits per heavy atom. The van der Waals surface area contributed by atoms with E-state index in [1.807, 2.05) is 0 Å². The third-order valence-electron chi connectivity index (χ3n) is 3.40. The molecule has 1 amide bonds. The summed E-state index contributed by atoms with van der Waals surface area (Å²) < 4.78 is 0. The fraction of sp³-hybridized carbons (Fsp3) is 0.923. The average Bonchev–Trinajstić information content (AvgIpc) is 2.94. The van der Waals surface area contributed by atoms with E-state index in [9.17, 15) is 4.79 Å². The molecule has 0 heterocycles. The van der Waals surface area contributed by atoms with E-state index in [4.69, 9.17) is 0 Å². The molecular formula is C13H26N2O. The van der Waals surface area contributed by atoms with Crippen LogP contribution in [0.4, 0.5) is 0 Å². The van der Waals surface area contributed by atoms with Gasteiger partial charge in [0.2, 0.25) is 5.91 Å². The van der Waals surface area contributed by atoms with Crippen LogP contribution in [0.2, 0.25) is 0 Å². The number of carbonyl (C=O) groups excluding carboxylic acids is 1. The molecule has 1 rings (SSSR count). The van der Waals surface area contributed by atoms with Crippen molar-refractivity contribution in [2.24, 2.45) is 11.3 Å². The average molecular weight is 226 g/mol. The van der Waals surface area contributed by atoms with E-state index in [-0.39, 0.29) is 5.91 Å². The lowest BCUT2D eigenvalue weighted by molar-refractivity contribution is -0.121. The largest absolute Gasteiger partial charge is 0.353 e. The molecule has 3 nitrogen and oxygen atoms in total. The van der Waals surface area contributed by atoms with Crippen LogP contribution in [0.25, 0.3) is 0 Å². The van der Waals surface area contributed by atoms with Gasteiger partial charge in [-0.05, 0) is 30.7 Å². The summed E-state index contributed by atoms with van der Waals surface area (Å²) in [5.41, 5.74) is 0.337. The van der Waals surface area contributed by atoms with Crippen LogP contribution in [0, 0.1) is 11.3 Å². The summed E-state index contributed by atoms with van der Waals surface area (Å²) in [4.78, 5) is 11.4. The van der Waals surface area contributed by atoms with Gasteiger partial charge in [-0.3, -0.25) is 4.79 Å². The zero-order chi connectivity index (χ0) is 12.2. The molecule has 16 heavy (non-hydrogen) atoms. The van der Waals surface area contributed by atoms with Gasteiger partial charge in [0.1, 0.15) is 0 Å². The van der Waals surface area contributed by atoms with Gasteiger partial charge in [0.05, 0.1) is 0 Å². The standard InChI is InChI=1S/C13H26N2O/c1-10(13(2,3)4)9-14-8-7-12(16)15-11-5-6-11/h10-11,14H,5-9H2,1-4H3,(H,15,16). The summed E-state index contributed by atoms with van der Waals surface area (Å²) in [6.45, 7) is 10.8. The number of hydrogen-bond donors (Lipinski definition) is 2. The molecule has 2 N–H and O–H groups in total. The van der Waals surface area contributed by atoms with Gasteiger partial charge in [0.15, 0.2) is 0 Å². The Morgan fingerprint density at radius 1 is 1.38 bits per heavy atom. The maximum Gasteiger partial charge on any atom is 0.221 e. The normalized spacial score (nSPS) is 18.2. The Kier molecular flexibility index (Phi) is 4.78. The second-order valence-electron chi connectivity index (χ2n) is 6.06. The smallest absolute Gasteiger partial charge is 0.221 e. The van der Waals surface area contributed by atoms with Crippen molar-refractivity contribution in [3.8, 4) is 0 Å². The van der Waals surface area contributed by atoms with Crippen molar-refractivity contribution in [2.45, 2.75) is 53.0 Å². The van der Waals surface area contributed by atoms with Crippen LogP contribution in [0.15, 0.2) is 0 Å². The third-order valence-corrected chi connectivity index (χ3v) is 3.40. The first kappa shape index (κ1) is 13.5. The van der Waals surface area contributed by atoms with Crippen molar-refractivity contribution in [1.82, 2.24) is 10.6 Å². The zero-order valence-electron chi connectivity index (χ0n) is 11.1. The van der Waals surface area contributed by atoms with Crippen LogP contribution >= 0.6 is 0 Å². The minimum absolute atomic E-state index is 0.193. The van der Waals surface area contributed by atoms with Crippen LogP contribution < -0.4 is 10.6 Å². The molecule has 3 heteroatoms. The summed E-state index contributed by atoms with van der Waals surface area (Å²) in [7, 11) is 0. The Balaban J connectivity index is 2.00. The third kappa shape index (κ3) is 5.50. The predicted molar refractivity (Wildman–Crippen MR) is 67.3 cm³/mol. The molecule has 1 aliphatic carbocycles. The first-order valence-corrected chi connectivity index (χ1v) is 6.39. The molecule has 1 saturated carbocycles. The highest BCUT2D eigenvalue weighted by atomic mass is 16.1. The van der Waals surface area contributed by atoms with Crippen molar-refractivity contribution in [1.29, 1.82) is 0 Å². The molecule has 1 unspecified atom stereocenters. The molecule has 1 fully saturated rings. The van der Waals surface area contributed by atoms with Crippen LogP contribution in [0.5, 0.6) is 0 Å². The molecule has 1 aliphatic rings. The summed E-state index contributed by atoms with van der Waals surface area (Å²) in [5.74, 6) is 0.817. The number of hydrogen-bond acceptors (Lipinski definition) is 2. The SMILES string of the molecule is CC(CNCCC(=O)NC1CC1)C(C)(C)C. The quantitative estimate of drug-likeness (QED) is 0.679. The fourth-order valence-corrected chi connectivity index (χ4v) is 1.35. The van der Waals surface area contributed by atoms with Crippen molar-refractivity contribution < 1.29 is 4.79 Å². The molecule has 0 aromatic rings. The van der Waals surface area contributed by atoms with Gasteiger partial charge in [-0.2, -0.15) is 0 Å². The highest BCUT2D eigenvalue weighted by Crippen LogP contribution is 2.24. The summed E-state index contributed by atoms with van der Waals surface area (Å²) in [6.07, 6.45) is 2.94. The van der Waals surface area contributed by atoms with Gasteiger partial charge in [0, 0.05) is 19.0 Å². The van der Waals surface area contributed by atoms with Gasteiger partial charge in [-0.1, -0.05) is 27.7 Å². The van der Waals surface area contributed by atoms with Crippen LogP contribution in [0.3, 0.4) is 0 Å². The van der Waals surface area contributed by atoms with Gasteiger partial charge < -0.3 is 10.6 Å². The van der Waals surface area contributed by atoms with Crippen LogP contribution in [-0.2, 0) is 4.79 Å². The van der Waals surface area contributed by atoms with E-state index in [1.54, 1.807) is 0 Å².